The van der Waals surface area contributed by atoms with Gasteiger partial charge in [-0.15, -0.1) is 0 Å². The number of benzene rings is 1. The second-order valence-electron chi connectivity index (χ2n) is 7.36. The number of hydrogen-bond donors (Lipinski definition) is 0. The Morgan fingerprint density at radius 3 is 2.10 bits per heavy atom. The Morgan fingerprint density at radius 2 is 1.63 bits per heavy atom. The minimum Gasteiger partial charge on any atom is -0.494 e. The van der Waals surface area contributed by atoms with Gasteiger partial charge in [-0.3, -0.25) is 9.78 Å². The lowest BCUT2D eigenvalue weighted by Gasteiger charge is -2.17. The SMILES string of the molecule is CCOc1cc(OCC)cc(C2=C(c3ccc(S(C)(=O)=O)cn3)OC(C)(C)C2=O)c1. The molecular formula is C22H25NO6S. The van der Waals surface area contributed by atoms with Crippen molar-refractivity contribution in [1.82, 2.24) is 4.98 Å². The van der Waals surface area contributed by atoms with E-state index in [1.807, 2.05) is 13.8 Å². The highest BCUT2D eigenvalue weighted by atomic mass is 32.2. The predicted octanol–water partition coefficient (Wildman–Crippen LogP) is 3.53. The highest BCUT2D eigenvalue weighted by molar-refractivity contribution is 7.90. The molecule has 2 heterocycles. The Morgan fingerprint density at radius 1 is 1.03 bits per heavy atom. The van der Waals surface area contributed by atoms with Crippen molar-refractivity contribution in [2.45, 2.75) is 38.2 Å². The number of pyridine rings is 1. The summed E-state index contributed by atoms with van der Waals surface area (Å²) in [7, 11) is -3.39. The molecule has 0 saturated heterocycles. The topological polar surface area (TPSA) is 91.8 Å². The molecule has 0 fully saturated rings. The number of nitrogens with zero attached hydrogens (tertiary/aromatic N) is 1. The van der Waals surface area contributed by atoms with Crippen LogP contribution in [0.25, 0.3) is 11.3 Å². The van der Waals surface area contributed by atoms with Gasteiger partial charge in [-0.25, -0.2) is 8.42 Å². The van der Waals surface area contributed by atoms with E-state index in [0.717, 1.165) is 6.26 Å². The Hall–Kier alpha value is -2.87. The Bertz CT molecular complexity index is 1080. The number of carbonyl (C=O) groups is 1. The van der Waals surface area contributed by atoms with Gasteiger partial charge in [0.05, 0.1) is 23.7 Å². The van der Waals surface area contributed by atoms with E-state index in [1.165, 1.54) is 18.3 Å². The maximum absolute atomic E-state index is 13.2. The molecule has 0 unspecified atom stereocenters. The van der Waals surface area contributed by atoms with Crippen LogP contribution < -0.4 is 9.47 Å². The van der Waals surface area contributed by atoms with E-state index in [9.17, 15) is 13.2 Å². The van der Waals surface area contributed by atoms with Crippen molar-refractivity contribution < 1.29 is 27.4 Å². The van der Waals surface area contributed by atoms with E-state index >= 15 is 0 Å². The van der Waals surface area contributed by atoms with E-state index in [2.05, 4.69) is 4.98 Å². The summed E-state index contributed by atoms with van der Waals surface area (Å²) >= 11 is 0. The van der Waals surface area contributed by atoms with Gasteiger partial charge >= 0.3 is 0 Å². The van der Waals surface area contributed by atoms with Gasteiger partial charge in [-0.1, -0.05) is 0 Å². The first kappa shape index (κ1) is 21.8. The number of sulfone groups is 1. The average molecular weight is 432 g/mol. The Kier molecular flexibility index (Phi) is 5.90. The fourth-order valence-corrected chi connectivity index (χ4v) is 3.71. The number of hydrogen-bond acceptors (Lipinski definition) is 7. The molecule has 2 aromatic rings. The van der Waals surface area contributed by atoms with Crippen LogP contribution in [0.3, 0.4) is 0 Å². The Balaban J connectivity index is 2.18. The summed E-state index contributed by atoms with van der Waals surface area (Å²) in [5.74, 6) is 1.23. The van der Waals surface area contributed by atoms with Gasteiger partial charge in [0.2, 0.25) is 5.78 Å². The third-order valence-corrected chi connectivity index (χ3v) is 5.64. The van der Waals surface area contributed by atoms with Crippen LogP contribution in [-0.2, 0) is 19.4 Å². The van der Waals surface area contributed by atoms with Crippen LogP contribution in [0.15, 0.2) is 41.4 Å². The summed E-state index contributed by atoms with van der Waals surface area (Å²) in [6.45, 7) is 8.04. The summed E-state index contributed by atoms with van der Waals surface area (Å²) in [4.78, 5) is 17.5. The molecule has 0 aliphatic carbocycles. The van der Waals surface area contributed by atoms with Crippen LogP contribution in [-0.4, -0.2) is 44.3 Å². The van der Waals surface area contributed by atoms with Gasteiger partial charge in [0.1, 0.15) is 17.2 Å². The molecule has 1 aromatic heterocycles. The third-order valence-electron chi connectivity index (χ3n) is 4.55. The first-order valence-electron chi connectivity index (χ1n) is 9.62. The van der Waals surface area contributed by atoms with Gasteiger partial charge in [-0.05, 0) is 57.5 Å². The second kappa shape index (κ2) is 8.10. The molecule has 8 heteroatoms. The summed E-state index contributed by atoms with van der Waals surface area (Å²) in [5.41, 5.74) is 0.220. The van der Waals surface area contributed by atoms with Gasteiger partial charge in [-0.2, -0.15) is 0 Å². The predicted molar refractivity (Wildman–Crippen MR) is 113 cm³/mol. The minimum atomic E-state index is -3.39. The zero-order valence-corrected chi connectivity index (χ0v) is 18.5. The smallest absolute Gasteiger partial charge is 0.210 e. The van der Waals surface area contributed by atoms with Gasteiger partial charge in [0.15, 0.2) is 21.2 Å². The lowest BCUT2D eigenvalue weighted by atomic mass is 9.93. The molecule has 0 saturated carbocycles. The van der Waals surface area contributed by atoms with Crippen molar-refractivity contribution in [3.63, 3.8) is 0 Å². The van der Waals surface area contributed by atoms with Gasteiger partial charge < -0.3 is 14.2 Å². The molecule has 1 aliphatic rings. The molecule has 3 rings (SSSR count). The molecular weight excluding hydrogens is 406 g/mol. The van der Waals surface area contributed by atoms with Crippen LogP contribution >= 0.6 is 0 Å². The molecule has 0 bridgehead atoms. The zero-order valence-electron chi connectivity index (χ0n) is 17.7. The van der Waals surface area contributed by atoms with E-state index in [4.69, 9.17) is 14.2 Å². The fraction of sp³-hybridized carbons (Fsp3) is 0.364. The van der Waals surface area contributed by atoms with Crippen molar-refractivity contribution >= 4 is 27.0 Å². The van der Waals surface area contributed by atoms with Crippen LogP contribution in [0.1, 0.15) is 39.0 Å². The third kappa shape index (κ3) is 4.33. The van der Waals surface area contributed by atoms with Crippen molar-refractivity contribution in [2.75, 3.05) is 19.5 Å². The van der Waals surface area contributed by atoms with Crippen molar-refractivity contribution in [2.24, 2.45) is 0 Å². The molecule has 160 valence electrons. The summed E-state index contributed by atoms with van der Waals surface area (Å²) in [6.07, 6.45) is 2.37. The number of Topliss-reactive ketones (excluding diaryl/α,β-unsaturated/α-hetero) is 1. The molecule has 7 nitrogen and oxygen atoms in total. The van der Waals surface area contributed by atoms with E-state index in [-0.39, 0.29) is 10.7 Å². The number of ether oxygens (including phenoxy) is 3. The first-order chi connectivity index (χ1) is 14.1. The molecule has 0 amide bonds. The highest BCUT2D eigenvalue weighted by Gasteiger charge is 2.43. The second-order valence-corrected chi connectivity index (χ2v) is 9.37. The molecule has 1 aromatic carbocycles. The lowest BCUT2D eigenvalue weighted by Crippen LogP contribution is -2.29. The minimum absolute atomic E-state index is 0.0916. The normalized spacial score (nSPS) is 15.8. The van der Waals surface area contributed by atoms with Crippen molar-refractivity contribution in [1.29, 1.82) is 0 Å². The summed E-state index contributed by atoms with van der Waals surface area (Å²) in [5, 5.41) is 0. The molecule has 0 radical (unpaired) electrons. The maximum Gasteiger partial charge on any atom is 0.210 e. The van der Waals surface area contributed by atoms with Crippen LogP contribution in [0.5, 0.6) is 11.5 Å². The fourth-order valence-electron chi connectivity index (χ4n) is 3.15. The molecule has 0 N–H and O–H groups in total. The molecule has 0 atom stereocenters. The quantitative estimate of drug-likeness (QED) is 0.662. The largest absolute Gasteiger partial charge is 0.494 e. The monoisotopic (exact) mass is 431 g/mol. The zero-order chi connectivity index (χ0) is 22.1. The molecule has 1 aliphatic heterocycles. The molecule has 30 heavy (non-hydrogen) atoms. The number of carbonyl (C=O) groups excluding carboxylic acids is 1. The van der Waals surface area contributed by atoms with Gasteiger partial charge in [0.25, 0.3) is 0 Å². The van der Waals surface area contributed by atoms with Crippen molar-refractivity contribution in [3.8, 4) is 11.5 Å². The lowest BCUT2D eigenvalue weighted by molar-refractivity contribution is -0.125. The summed E-state index contributed by atoms with van der Waals surface area (Å²) in [6, 6.07) is 8.27. The Labute approximate surface area is 176 Å². The van der Waals surface area contributed by atoms with E-state index < -0.39 is 15.4 Å². The highest BCUT2D eigenvalue weighted by Crippen LogP contribution is 2.42. The van der Waals surface area contributed by atoms with Gasteiger partial charge in [0, 0.05) is 18.5 Å². The standard InChI is InChI=1S/C22H25NO6S/c1-6-27-15-10-14(11-16(12-15)28-7-2)19-20(29-22(3,4)21(19)24)18-9-8-17(13-23-18)30(5,25)26/h8-13H,6-7H2,1-5H3. The molecule has 0 spiro atoms. The van der Waals surface area contributed by atoms with Crippen molar-refractivity contribution in [3.05, 3.63) is 47.8 Å². The van der Waals surface area contributed by atoms with Crippen LogP contribution in [0, 0.1) is 0 Å². The van der Waals surface area contributed by atoms with Crippen LogP contribution in [0.4, 0.5) is 0 Å². The maximum atomic E-state index is 13.2. The number of aromatic nitrogens is 1. The van der Waals surface area contributed by atoms with Crippen LogP contribution in [0.2, 0.25) is 0 Å². The average Bonchev–Trinajstić information content (AvgIpc) is 2.91. The van der Waals surface area contributed by atoms with E-state index in [1.54, 1.807) is 32.0 Å². The number of ketones is 1. The first-order valence-corrected chi connectivity index (χ1v) is 11.5. The summed E-state index contributed by atoms with van der Waals surface area (Å²) < 4.78 is 40.7. The number of rotatable bonds is 7. The van der Waals surface area contributed by atoms with E-state index in [0.29, 0.717) is 47.3 Å².